The Hall–Kier alpha value is -0.0761. The van der Waals surface area contributed by atoms with Gasteiger partial charge in [-0.2, -0.15) is 12.2 Å². The molecule has 11 heavy (non-hydrogen) atoms. The molecule has 0 aliphatic carbocycles. The molecule has 0 saturated heterocycles. The molecule has 2 aliphatic rings. The summed E-state index contributed by atoms with van der Waals surface area (Å²) in [4.78, 5) is 0. The summed E-state index contributed by atoms with van der Waals surface area (Å²) in [5.41, 5.74) is 1.18. The van der Waals surface area contributed by atoms with Crippen LogP contribution in [0.4, 0.5) is 0 Å². The van der Waals surface area contributed by atoms with Gasteiger partial charge in [0.05, 0.1) is 6.20 Å². The van der Waals surface area contributed by atoms with Gasteiger partial charge in [0, 0.05) is 32.7 Å². The molecular weight excluding hydrogens is 213 g/mol. The molecular formula is C8H8N2Y. The van der Waals surface area contributed by atoms with Crippen molar-refractivity contribution in [1.82, 2.24) is 0 Å². The van der Waals surface area contributed by atoms with E-state index in [1.807, 2.05) is 24.0 Å². The van der Waals surface area contributed by atoms with Gasteiger partial charge in [-0.1, -0.05) is 6.92 Å². The van der Waals surface area contributed by atoms with Crippen molar-refractivity contribution >= 4 is 0 Å². The zero-order valence-corrected chi connectivity index (χ0v) is 9.20. The Labute approximate surface area is 91.3 Å². The fraction of sp³-hybridized carbons (Fsp3) is 0.250. The summed E-state index contributed by atoms with van der Waals surface area (Å²) < 4.78 is 1.88. The van der Waals surface area contributed by atoms with Crippen molar-refractivity contribution in [3.05, 3.63) is 36.2 Å². The standard InChI is InChI=1S/C8H8N2.Y/c1-7-3-5-10-8(6-7)2-4-9-10;/h2,4-6,8H,1H3;. The summed E-state index contributed by atoms with van der Waals surface area (Å²) in [6.07, 6.45) is 11.0. The number of allylic oxidation sites excluding steroid dienone is 2. The van der Waals surface area contributed by atoms with E-state index < -0.39 is 0 Å². The second kappa shape index (κ2) is 3.55. The summed E-state index contributed by atoms with van der Waals surface area (Å²) in [5.74, 6) is 0. The maximum atomic E-state index is 4.08. The summed E-state index contributed by atoms with van der Waals surface area (Å²) in [6, 6.07) is 0.348. The minimum absolute atomic E-state index is 0. The summed E-state index contributed by atoms with van der Waals surface area (Å²) in [7, 11) is 0. The first-order valence-electron chi connectivity index (χ1n) is 3.30. The molecule has 0 aromatic rings. The average molecular weight is 221 g/mol. The van der Waals surface area contributed by atoms with Gasteiger partial charge in [0.1, 0.15) is 6.20 Å². The van der Waals surface area contributed by atoms with Gasteiger partial charge in [-0.05, 0) is 11.2 Å². The van der Waals surface area contributed by atoms with Crippen LogP contribution in [-0.2, 0) is 32.7 Å². The predicted molar refractivity (Wildman–Crippen MR) is 37.2 cm³/mol. The molecule has 2 aliphatic heterocycles. The van der Waals surface area contributed by atoms with E-state index in [0.717, 1.165) is 0 Å². The molecule has 0 spiro atoms. The third kappa shape index (κ3) is 1.74. The Bertz CT molecular complexity index is 274. The minimum atomic E-state index is 0. The van der Waals surface area contributed by atoms with E-state index in [4.69, 9.17) is 0 Å². The van der Waals surface area contributed by atoms with Crippen LogP contribution in [0, 0.1) is 6.08 Å². The van der Waals surface area contributed by atoms with E-state index in [9.17, 15) is 0 Å². The van der Waals surface area contributed by atoms with Gasteiger partial charge in [0.15, 0.2) is 6.04 Å². The van der Waals surface area contributed by atoms with Crippen molar-refractivity contribution in [2.45, 2.75) is 13.0 Å². The van der Waals surface area contributed by atoms with Crippen molar-refractivity contribution in [2.24, 2.45) is 5.11 Å². The average Bonchev–Trinajstić information content (AvgIpc) is 2.33. The molecule has 3 heteroatoms. The first kappa shape index (κ1) is 9.02. The van der Waals surface area contributed by atoms with Crippen LogP contribution in [0.2, 0.25) is 0 Å². The predicted octanol–water partition coefficient (Wildman–Crippen LogP) is 1.62. The molecule has 0 aromatic carbocycles. The molecule has 0 amide bonds. The van der Waals surface area contributed by atoms with Crippen LogP contribution in [0.15, 0.2) is 35.2 Å². The molecule has 0 bridgehead atoms. The Balaban J connectivity index is 0.000000605. The van der Waals surface area contributed by atoms with Gasteiger partial charge in [0.2, 0.25) is 0 Å². The van der Waals surface area contributed by atoms with Gasteiger partial charge in [-0.25, -0.2) is 5.57 Å². The number of fused-ring (bicyclic) bond motifs is 1. The largest absolute Gasteiger partial charge is 0.214 e. The first-order chi connectivity index (χ1) is 4.86. The smallest absolute Gasteiger partial charge is 0.161 e. The van der Waals surface area contributed by atoms with Crippen LogP contribution in [-0.4, -0.2) is 10.7 Å². The molecule has 1 unspecified atom stereocenters. The molecule has 1 atom stereocenters. The molecule has 0 fully saturated rings. The molecule has 53 valence electrons. The van der Waals surface area contributed by atoms with Gasteiger partial charge in [0.25, 0.3) is 0 Å². The fourth-order valence-corrected chi connectivity index (χ4v) is 1.09. The molecule has 1 radical (unpaired) electrons. The van der Waals surface area contributed by atoms with Crippen molar-refractivity contribution in [1.29, 1.82) is 0 Å². The van der Waals surface area contributed by atoms with E-state index in [2.05, 4.69) is 23.3 Å². The maximum absolute atomic E-state index is 4.08. The van der Waals surface area contributed by atoms with Crippen LogP contribution in [0.25, 0.3) is 0 Å². The Morgan fingerprint density at radius 3 is 3.27 bits per heavy atom. The van der Waals surface area contributed by atoms with Gasteiger partial charge in [-0.3, -0.25) is 0 Å². The van der Waals surface area contributed by atoms with Crippen LogP contribution in [0.3, 0.4) is 0 Å². The monoisotopic (exact) mass is 221 g/mol. The van der Waals surface area contributed by atoms with Crippen LogP contribution < -0.4 is 0 Å². The minimum Gasteiger partial charge on any atom is -0.214 e. The second-order valence-corrected chi connectivity index (χ2v) is 2.45. The topological polar surface area (TPSA) is 15.4 Å². The summed E-state index contributed by atoms with van der Waals surface area (Å²) >= 11 is 0. The van der Waals surface area contributed by atoms with E-state index in [0.29, 0.717) is 6.04 Å². The Morgan fingerprint density at radius 2 is 2.45 bits per heavy atom. The van der Waals surface area contributed by atoms with Gasteiger partial charge in [-0.15, -0.1) is 4.70 Å². The molecule has 2 nitrogen and oxygen atoms in total. The molecule has 0 N–H and O–H groups in total. The van der Waals surface area contributed by atoms with Gasteiger partial charge >= 0.3 is 0 Å². The van der Waals surface area contributed by atoms with Crippen molar-refractivity contribution in [3.8, 4) is 0 Å². The van der Waals surface area contributed by atoms with Crippen LogP contribution >= 0.6 is 0 Å². The van der Waals surface area contributed by atoms with Gasteiger partial charge < -0.3 is 0 Å². The van der Waals surface area contributed by atoms with E-state index in [-0.39, 0.29) is 32.7 Å². The quantitative estimate of drug-likeness (QED) is 0.436. The number of nitrogens with zero attached hydrogens (tertiary/aromatic N) is 2. The zero-order valence-electron chi connectivity index (χ0n) is 6.36. The third-order valence-electron chi connectivity index (χ3n) is 1.63. The number of hydrogen-bond donors (Lipinski definition) is 0. The second-order valence-electron chi connectivity index (χ2n) is 2.45. The fourth-order valence-electron chi connectivity index (χ4n) is 1.09. The molecule has 0 aromatic heterocycles. The maximum Gasteiger partial charge on any atom is 0.161 e. The number of azo groups is 2. The van der Waals surface area contributed by atoms with E-state index >= 15 is 0 Å². The summed E-state index contributed by atoms with van der Waals surface area (Å²) in [5, 5.41) is 4.08. The van der Waals surface area contributed by atoms with Crippen LogP contribution in [0.1, 0.15) is 6.92 Å². The molecule has 2 rings (SSSR count). The molecule has 0 saturated carbocycles. The van der Waals surface area contributed by atoms with Crippen molar-refractivity contribution < 1.29 is 37.4 Å². The van der Waals surface area contributed by atoms with Crippen molar-refractivity contribution in [3.63, 3.8) is 0 Å². The zero-order chi connectivity index (χ0) is 6.97. The third-order valence-corrected chi connectivity index (χ3v) is 1.63. The summed E-state index contributed by atoms with van der Waals surface area (Å²) in [6.45, 7) is 2.04. The van der Waals surface area contributed by atoms with E-state index in [1.54, 1.807) is 0 Å². The van der Waals surface area contributed by atoms with Crippen LogP contribution in [0.5, 0.6) is 0 Å². The van der Waals surface area contributed by atoms with Crippen molar-refractivity contribution in [2.75, 3.05) is 0 Å². The Morgan fingerprint density at radius 1 is 1.64 bits per heavy atom. The van der Waals surface area contributed by atoms with E-state index in [1.165, 1.54) is 5.57 Å². The molecule has 2 heterocycles. The number of rotatable bonds is 0. The Kier molecular flexibility index (Phi) is 2.91. The number of hydrogen-bond acceptors (Lipinski definition) is 1. The SMILES string of the molecule is CC1=CC2C=CN=[N+]2C=[C-]1.[Y]. The first-order valence-corrected chi connectivity index (χ1v) is 3.30. The normalized spacial score (nSPS) is 25.4.